The summed E-state index contributed by atoms with van der Waals surface area (Å²) in [4.78, 5) is 7.63. The van der Waals surface area contributed by atoms with E-state index in [1.807, 2.05) is 0 Å². The predicted octanol–water partition coefficient (Wildman–Crippen LogP) is 2.28. The van der Waals surface area contributed by atoms with Crippen LogP contribution in [-0.4, -0.2) is 31.3 Å². The lowest BCUT2D eigenvalue weighted by molar-refractivity contribution is -0.151. The first kappa shape index (κ1) is 11.5. The summed E-state index contributed by atoms with van der Waals surface area (Å²) < 4.78 is 39.7. The Bertz CT molecular complexity index is 604. The van der Waals surface area contributed by atoms with E-state index in [2.05, 4.69) is 20.4 Å². The highest BCUT2D eigenvalue weighted by atomic mass is 35.5. The number of rotatable bonds is 2. The van der Waals surface area contributed by atoms with E-state index in [0.29, 0.717) is 0 Å². The first-order chi connectivity index (χ1) is 8.41. The number of nitrogens with zero attached hydrogens (tertiary/aromatic N) is 4. The number of fused-ring (bicyclic) bond motifs is 1. The van der Waals surface area contributed by atoms with Gasteiger partial charge in [-0.15, -0.1) is 0 Å². The van der Waals surface area contributed by atoms with Crippen LogP contribution in [0.2, 0.25) is 5.15 Å². The molecule has 1 saturated carbocycles. The van der Waals surface area contributed by atoms with Gasteiger partial charge in [0.2, 0.25) is 0 Å². The summed E-state index contributed by atoms with van der Waals surface area (Å²) >= 11 is 5.73. The molecule has 0 saturated heterocycles. The number of hydrogen-bond acceptors (Lipinski definition) is 4. The zero-order valence-electron chi connectivity index (χ0n) is 8.87. The van der Waals surface area contributed by atoms with Crippen molar-refractivity contribution in [3.8, 4) is 0 Å². The van der Waals surface area contributed by atoms with Crippen LogP contribution < -0.4 is 5.32 Å². The van der Waals surface area contributed by atoms with E-state index in [4.69, 9.17) is 11.6 Å². The van der Waals surface area contributed by atoms with Crippen LogP contribution in [0.3, 0.4) is 0 Å². The molecular weight excluding hydrogens is 271 g/mol. The fourth-order valence-electron chi connectivity index (χ4n) is 1.72. The lowest BCUT2D eigenvalue weighted by Crippen LogP contribution is -2.39. The third-order valence-electron chi connectivity index (χ3n) is 2.88. The summed E-state index contributed by atoms with van der Waals surface area (Å²) in [6.07, 6.45) is -3.04. The molecule has 2 heterocycles. The van der Waals surface area contributed by atoms with Crippen molar-refractivity contribution in [2.45, 2.75) is 24.6 Å². The van der Waals surface area contributed by atoms with Crippen molar-refractivity contribution in [2.75, 3.05) is 5.32 Å². The lowest BCUT2D eigenvalue weighted by Gasteiger charge is -2.21. The van der Waals surface area contributed by atoms with Crippen molar-refractivity contribution < 1.29 is 13.2 Å². The van der Waals surface area contributed by atoms with Gasteiger partial charge in [0.15, 0.2) is 0 Å². The Morgan fingerprint density at radius 1 is 1.39 bits per heavy atom. The fourth-order valence-corrected chi connectivity index (χ4v) is 1.90. The van der Waals surface area contributed by atoms with Gasteiger partial charge in [-0.25, -0.2) is 0 Å². The highest BCUT2D eigenvalue weighted by Crippen LogP contribution is 2.51. The molecule has 0 aliphatic heterocycles. The standard InChI is InChI=1S/C9H7ClF3N5/c10-5-3-6(18-7(16-5)14-4-15-18)17-8(1-2-8)9(11,12)13/h3-4,17H,1-2H2. The number of halogens is 4. The molecule has 0 bridgehead atoms. The Labute approximate surface area is 104 Å². The largest absolute Gasteiger partial charge is 0.411 e. The Hall–Kier alpha value is -1.57. The second kappa shape index (κ2) is 3.47. The normalized spacial score (nSPS) is 18.0. The SMILES string of the molecule is FC(F)(F)C1(Nc2cc(Cl)nc3ncnn23)CC1. The molecule has 0 atom stereocenters. The number of anilines is 1. The van der Waals surface area contributed by atoms with Crippen molar-refractivity contribution in [3.05, 3.63) is 17.5 Å². The molecule has 2 aromatic heterocycles. The Morgan fingerprint density at radius 2 is 2.11 bits per heavy atom. The van der Waals surface area contributed by atoms with Gasteiger partial charge in [0.1, 0.15) is 22.8 Å². The zero-order chi connectivity index (χ0) is 13.0. The molecule has 5 nitrogen and oxygen atoms in total. The number of aromatic nitrogens is 4. The fraction of sp³-hybridized carbons (Fsp3) is 0.444. The van der Waals surface area contributed by atoms with Crippen LogP contribution in [0.25, 0.3) is 5.78 Å². The van der Waals surface area contributed by atoms with Crippen LogP contribution in [0.5, 0.6) is 0 Å². The quantitative estimate of drug-likeness (QED) is 0.856. The molecule has 2 aromatic rings. The van der Waals surface area contributed by atoms with Crippen LogP contribution >= 0.6 is 11.6 Å². The van der Waals surface area contributed by atoms with Gasteiger partial charge in [0.05, 0.1) is 0 Å². The molecule has 0 aromatic carbocycles. The van der Waals surface area contributed by atoms with Gasteiger partial charge in [-0.3, -0.25) is 0 Å². The third kappa shape index (κ3) is 1.67. The Balaban J connectivity index is 2.03. The summed E-state index contributed by atoms with van der Waals surface area (Å²) in [5, 5.41) is 6.32. The van der Waals surface area contributed by atoms with Gasteiger partial charge >= 0.3 is 6.18 Å². The first-order valence-electron chi connectivity index (χ1n) is 5.12. The Morgan fingerprint density at radius 3 is 2.72 bits per heavy atom. The molecule has 9 heteroatoms. The second-order valence-corrected chi connectivity index (χ2v) is 4.53. The molecule has 1 aliphatic carbocycles. The molecule has 3 rings (SSSR count). The smallest absolute Gasteiger partial charge is 0.356 e. The molecule has 1 aliphatic rings. The maximum atomic E-state index is 12.9. The van der Waals surface area contributed by atoms with Crippen LogP contribution in [0, 0.1) is 0 Å². The van der Waals surface area contributed by atoms with Crippen molar-refractivity contribution in [3.63, 3.8) is 0 Å². The highest BCUT2D eigenvalue weighted by molar-refractivity contribution is 6.29. The highest BCUT2D eigenvalue weighted by Gasteiger charge is 2.63. The molecule has 0 spiro atoms. The van der Waals surface area contributed by atoms with Crippen molar-refractivity contribution >= 4 is 23.2 Å². The van der Waals surface area contributed by atoms with E-state index < -0.39 is 11.7 Å². The number of nitrogens with one attached hydrogen (secondary N) is 1. The Kier molecular flexibility index (Phi) is 2.22. The minimum absolute atomic E-state index is 0.0344. The van der Waals surface area contributed by atoms with Gasteiger partial charge in [0.25, 0.3) is 5.78 Å². The maximum Gasteiger partial charge on any atom is 0.411 e. The van der Waals surface area contributed by atoms with Gasteiger partial charge in [-0.1, -0.05) is 11.6 Å². The summed E-state index contributed by atoms with van der Waals surface area (Å²) in [7, 11) is 0. The molecule has 0 amide bonds. The summed E-state index contributed by atoms with van der Waals surface area (Å²) in [5.74, 6) is 0.292. The van der Waals surface area contributed by atoms with Gasteiger partial charge in [-0.05, 0) is 12.8 Å². The van der Waals surface area contributed by atoms with E-state index in [9.17, 15) is 13.2 Å². The van der Waals surface area contributed by atoms with E-state index in [-0.39, 0.29) is 29.6 Å². The molecule has 0 radical (unpaired) electrons. The summed E-state index contributed by atoms with van der Waals surface area (Å²) in [6, 6.07) is 1.30. The molecule has 96 valence electrons. The molecular formula is C9H7ClF3N5. The zero-order valence-corrected chi connectivity index (χ0v) is 9.63. The predicted molar refractivity (Wildman–Crippen MR) is 57.4 cm³/mol. The molecule has 1 N–H and O–H groups in total. The average molecular weight is 278 g/mol. The van der Waals surface area contributed by atoms with E-state index in [1.165, 1.54) is 16.9 Å². The van der Waals surface area contributed by atoms with Crippen LogP contribution in [-0.2, 0) is 0 Å². The second-order valence-electron chi connectivity index (χ2n) is 4.14. The van der Waals surface area contributed by atoms with E-state index in [0.717, 1.165) is 0 Å². The van der Waals surface area contributed by atoms with Crippen LogP contribution in [0.4, 0.5) is 19.0 Å². The number of hydrogen-bond donors (Lipinski definition) is 1. The minimum atomic E-state index is -4.31. The maximum absolute atomic E-state index is 12.9. The van der Waals surface area contributed by atoms with Crippen LogP contribution in [0.15, 0.2) is 12.4 Å². The van der Waals surface area contributed by atoms with Gasteiger partial charge in [-0.2, -0.15) is 32.8 Å². The monoisotopic (exact) mass is 277 g/mol. The molecule has 18 heavy (non-hydrogen) atoms. The minimum Gasteiger partial charge on any atom is -0.356 e. The number of alkyl halides is 3. The topological polar surface area (TPSA) is 55.1 Å². The van der Waals surface area contributed by atoms with Crippen LogP contribution in [0.1, 0.15) is 12.8 Å². The van der Waals surface area contributed by atoms with E-state index >= 15 is 0 Å². The summed E-state index contributed by atoms with van der Waals surface area (Å²) in [5.41, 5.74) is -1.88. The van der Waals surface area contributed by atoms with E-state index in [1.54, 1.807) is 0 Å². The lowest BCUT2D eigenvalue weighted by atomic mass is 10.2. The van der Waals surface area contributed by atoms with Crippen molar-refractivity contribution in [2.24, 2.45) is 0 Å². The third-order valence-corrected chi connectivity index (χ3v) is 3.07. The molecule has 0 unspecified atom stereocenters. The summed E-state index contributed by atoms with van der Waals surface area (Å²) in [6.45, 7) is 0. The molecule has 1 fully saturated rings. The van der Waals surface area contributed by atoms with Crippen molar-refractivity contribution in [1.82, 2.24) is 19.6 Å². The average Bonchev–Trinajstić information content (AvgIpc) is 2.88. The van der Waals surface area contributed by atoms with Gasteiger partial charge < -0.3 is 5.32 Å². The van der Waals surface area contributed by atoms with Gasteiger partial charge in [0, 0.05) is 6.07 Å². The van der Waals surface area contributed by atoms with Crippen molar-refractivity contribution in [1.29, 1.82) is 0 Å². The first-order valence-corrected chi connectivity index (χ1v) is 5.50.